The fraction of sp³-hybridized carbons (Fsp3) is 0.429. The minimum absolute atomic E-state index is 0.00758. The van der Waals surface area contributed by atoms with Gasteiger partial charge in [-0.15, -0.1) is 0 Å². The fourth-order valence-electron chi connectivity index (χ4n) is 3.01. The summed E-state index contributed by atoms with van der Waals surface area (Å²) in [5.41, 5.74) is 2.36. The van der Waals surface area contributed by atoms with E-state index in [0.717, 1.165) is 18.7 Å². The van der Waals surface area contributed by atoms with Gasteiger partial charge in [-0.3, -0.25) is 4.55 Å². The van der Waals surface area contributed by atoms with Gasteiger partial charge in [-0.05, 0) is 43.2 Å². The van der Waals surface area contributed by atoms with Crippen molar-refractivity contribution in [2.24, 2.45) is 5.92 Å². The van der Waals surface area contributed by atoms with Gasteiger partial charge in [-0.1, -0.05) is 18.2 Å². The Balaban J connectivity index is 1.97. The summed E-state index contributed by atoms with van der Waals surface area (Å²) in [6.07, 6.45) is 1.49. The Bertz CT molecular complexity index is 717. The first-order chi connectivity index (χ1) is 8.97. The number of hydrogen-bond donors (Lipinski definition) is 1. The highest BCUT2D eigenvalue weighted by atomic mass is 32.2. The number of para-hydroxylation sites is 1. The first-order valence-corrected chi connectivity index (χ1v) is 8.00. The van der Waals surface area contributed by atoms with Crippen molar-refractivity contribution < 1.29 is 13.0 Å². The molecule has 2 aromatic rings. The number of nitrogens with zero attached hydrogens (tertiary/aromatic N) is 1. The van der Waals surface area contributed by atoms with Crippen LogP contribution in [0, 0.1) is 5.92 Å². The fourth-order valence-corrected chi connectivity index (χ4v) is 3.73. The number of aromatic nitrogens is 1. The third-order valence-corrected chi connectivity index (χ3v) is 5.55. The molecule has 0 saturated carbocycles. The molecule has 1 aliphatic heterocycles. The smallest absolute Gasteiger partial charge is 0.267 e. The third-order valence-electron chi connectivity index (χ3n) is 4.22. The van der Waals surface area contributed by atoms with Crippen LogP contribution in [0.15, 0.2) is 30.3 Å². The molecule has 2 atom stereocenters. The molecule has 1 N–H and O–H groups in total. The van der Waals surface area contributed by atoms with Crippen LogP contribution in [0.1, 0.15) is 19.0 Å². The molecular formula is C14H17NO3S. The molecule has 0 bridgehead atoms. The Hall–Kier alpha value is -1.33. The minimum Gasteiger partial charge on any atom is -0.345 e. The van der Waals surface area contributed by atoms with E-state index < -0.39 is 15.4 Å². The molecule has 1 aromatic heterocycles. The molecule has 0 aliphatic carbocycles. The molecule has 0 fully saturated rings. The summed E-state index contributed by atoms with van der Waals surface area (Å²) in [5, 5.41) is 0.497. The maximum atomic E-state index is 11.3. The van der Waals surface area contributed by atoms with E-state index in [4.69, 9.17) is 0 Å². The quantitative estimate of drug-likeness (QED) is 0.859. The van der Waals surface area contributed by atoms with E-state index in [1.165, 1.54) is 10.9 Å². The molecule has 102 valence electrons. The average Bonchev–Trinajstić information content (AvgIpc) is 2.74. The van der Waals surface area contributed by atoms with E-state index in [0.29, 0.717) is 6.42 Å². The summed E-state index contributed by atoms with van der Waals surface area (Å²) < 4.78 is 34.0. The lowest BCUT2D eigenvalue weighted by atomic mass is 9.93. The van der Waals surface area contributed by atoms with Gasteiger partial charge in [0.25, 0.3) is 10.1 Å². The van der Waals surface area contributed by atoms with Gasteiger partial charge in [0.1, 0.15) is 0 Å². The van der Waals surface area contributed by atoms with Crippen LogP contribution < -0.4 is 0 Å². The largest absolute Gasteiger partial charge is 0.345 e. The highest BCUT2D eigenvalue weighted by Gasteiger charge is 2.31. The second kappa shape index (κ2) is 4.35. The van der Waals surface area contributed by atoms with Crippen LogP contribution in [0.25, 0.3) is 10.9 Å². The van der Waals surface area contributed by atoms with Gasteiger partial charge in [0.15, 0.2) is 0 Å². The third kappa shape index (κ3) is 2.17. The van der Waals surface area contributed by atoms with Gasteiger partial charge in [-0.25, -0.2) is 0 Å². The van der Waals surface area contributed by atoms with E-state index in [2.05, 4.69) is 22.8 Å². The second-order valence-corrected chi connectivity index (χ2v) is 7.09. The summed E-state index contributed by atoms with van der Waals surface area (Å²) in [4.78, 5) is 0. The highest BCUT2D eigenvalue weighted by Crippen LogP contribution is 2.31. The predicted octanol–water partition coefficient (Wildman–Crippen LogP) is 2.48. The summed E-state index contributed by atoms with van der Waals surface area (Å²) in [6, 6.07) is 10.3. The number of aryl methyl sites for hydroxylation is 1. The van der Waals surface area contributed by atoms with Crippen molar-refractivity contribution in [3.63, 3.8) is 0 Å². The Kier molecular flexibility index (Phi) is 2.91. The Labute approximate surface area is 112 Å². The van der Waals surface area contributed by atoms with Crippen molar-refractivity contribution in [3.05, 3.63) is 36.0 Å². The number of fused-ring (bicyclic) bond motifs is 3. The standard InChI is InChI=1S/C14H17NO3S/c1-10(19(16,17)18)11-6-7-15-13(8-11)9-12-4-2-3-5-14(12)15/h2-5,9-11H,6-8H2,1H3,(H,16,17,18)/t10?,11-/m0/s1. The van der Waals surface area contributed by atoms with Crippen LogP contribution in [0.5, 0.6) is 0 Å². The highest BCUT2D eigenvalue weighted by molar-refractivity contribution is 7.86. The van der Waals surface area contributed by atoms with E-state index >= 15 is 0 Å². The zero-order valence-corrected chi connectivity index (χ0v) is 11.6. The van der Waals surface area contributed by atoms with E-state index in [9.17, 15) is 13.0 Å². The topological polar surface area (TPSA) is 59.3 Å². The van der Waals surface area contributed by atoms with Crippen LogP contribution in [0.3, 0.4) is 0 Å². The molecule has 1 aliphatic rings. The monoisotopic (exact) mass is 279 g/mol. The first kappa shape index (κ1) is 12.7. The van der Waals surface area contributed by atoms with E-state index in [-0.39, 0.29) is 5.92 Å². The molecule has 0 radical (unpaired) electrons. The van der Waals surface area contributed by atoms with E-state index in [1.54, 1.807) is 6.92 Å². The van der Waals surface area contributed by atoms with Crippen molar-refractivity contribution >= 4 is 21.0 Å². The van der Waals surface area contributed by atoms with Crippen LogP contribution in [0.2, 0.25) is 0 Å². The maximum absolute atomic E-state index is 11.3. The molecule has 5 heteroatoms. The molecule has 1 aromatic carbocycles. The molecule has 0 amide bonds. The zero-order valence-electron chi connectivity index (χ0n) is 10.8. The summed E-state index contributed by atoms with van der Waals surface area (Å²) in [7, 11) is -3.94. The molecule has 0 saturated heterocycles. The maximum Gasteiger partial charge on any atom is 0.267 e. The minimum atomic E-state index is -3.94. The predicted molar refractivity (Wildman–Crippen MR) is 74.8 cm³/mol. The lowest BCUT2D eigenvalue weighted by molar-refractivity contribution is 0.363. The van der Waals surface area contributed by atoms with Gasteiger partial charge in [0, 0.05) is 17.8 Å². The van der Waals surface area contributed by atoms with Gasteiger partial charge >= 0.3 is 0 Å². The SMILES string of the molecule is CC([C@H]1CCn2c(cc3ccccc32)C1)S(=O)(=O)O. The number of hydrogen-bond acceptors (Lipinski definition) is 2. The van der Waals surface area contributed by atoms with Gasteiger partial charge < -0.3 is 4.57 Å². The first-order valence-electron chi connectivity index (χ1n) is 6.50. The van der Waals surface area contributed by atoms with Crippen LogP contribution in [-0.4, -0.2) is 22.8 Å². The lowest BCUT2D eigenvalue weighted by Gasteiger charge is -2.27. The Morgan fingerprint density at radius 1 is 1.37 bits per heavy atom. The molecule has 2 heterocycles. The van der Waals surface area contributed by atoms with Crippen molar-refractivity contribution in [1.29, 1.82) is 0 Å². The Morgan fingerprint density at radius 2 is 2.11 bits per heavy atom. The summed E-state index contributed by atoms with van der Waals surface area (Å²) >= 11 is 0. The lowest BCUT2D eigenvalue weighted by Crippen LogP contribution is -2.32. The number of benzene rings is 1. The van der Waals surface area contributed by atoms with Crippen molar-refractivity contribution in [2.45, 2.75) is 31.6 Å². The van der Waals surface area contributed by atoms with Crippen molar-refractivity contribution in [1.82, 2.24) is 4.57 Å². The average molecular weight is 279 g/mol. The molecule has 4 nitrogen and oxygen atoms in total. The van der Waals surface area contributed by atoms with Crippen LogP contribution >= 0.6 is 0 Å². The summed E-state index contributed by atoms with van der Waals surface area (Å²) in [5.74, 6) is -0.00758. The van der Waals surface area contributed by atoms with Crippen LogP contribution in [0.4, 0.5) is 0 Å². The zero-order chi connectivity index (χ0) is 13.6. The molecule has 19 heavy (non-hydrogen) atoms. The Morgan fingerprint density at radius 3 is 2.84 bits per heavy atom. The normalized spacial score (nSPS) is 21.3. The van der Waals surface area contributed by atoms with Gasteiger partial charge in [-0.2, -0.15) is 8.42 Å². The van der Waals surface area contributed by atoms with Gasteiger partial charge in [0.05, 0.1) is 5.25 Å². The summed E-state index contributed by atoms with van der Waals surface area (Å²) in [6.45, 7) is 2.41. The number of rotatable bonds is 2. The molecular weight excluding hydrogens is 262 g/mol. The molecule has 3 rings (SSSR count). The van der Waals surface area contributed by atoms with Gasteiger partial charge in [0.2, 0.25) is 0 Å². The van der Waals surface area contributed by atoms with E-state index in [1.807, 2.05) is 12.1 Å². The molecule has 0 spiro atoms. The second-order valence-electron chi connectivity index (χ2n) is 5.32. The van der Waals surface area contributed by atoms with Crippen molar-refractivity contribution in [2.75, 3.05) is 0 Å². The molecule has 1 unspecified atom stereocenters. The van der Waals surface area contributed by atoms with Crippen molar-refractivity contribution in [3.8, 4) is 0 Å². The van der Waals surface area contributed by atoms with Crippen LogP contribution in [-0.2, 0) is 23.1 Å².